The minimum Gasteiger partial charge on any atom is -0.375 e. The minimum atomic E-state index is -0.320. The van der Waals surface area contributed by atoms with Gasteiger partial charge in [-0.2, -0.15) is 5.10 Å². The van der Waals surface area contributed by atoms with Crippen LogP contribution in [0.1, 0.15) is 27.9 Å². The summed E-state index contributed by atoms with van der Waals surface area (Å²) in [4.78, 5) is 29.6. The molecule has 0 saturated heterocycles. The molecule has 0 unspecified atom stereocenters. The van der Waals surface area contributed by atoms with Crippen LogP contribution in [0.15, 0.2) is 29.2 Å². The van der Waals surface area contributed by atoms with Crippen molar-refractivity contribution >= 4 is 45.6 Å². The standard InChI is InChI=1S/C20H22Cl2N6O2S/c1-11-9-26-28(5-4-16-18(22)31-20(24)27-16)19(30)15(11)7-17(29)25-10-13-6-14(21)3-2-12(13)8-23/h2-3,6,9H,4-5,7-8,10,23H2,1H3,(H2,24,27)(H,25,29). The molecule has 0 radical (unpaired) electrons. The van der Waals surface area contributed by atoms with E-state index in [2.05, 4.69) is 15.4 Å². The van der Waals surface area contributed by atoms with Crippen LogP contribution in [-0.2, 0) is 37.3 Å². The summed E-state index contributed by atoms with van der Waals surface area (Å²) >= 11 is 13.3. The number of thiazole rings is 1. The fourth-order valence-electron chi connectivity index (χ4n) is 3.08. The number of nitrogen functional groups attached to an aromatic ring is 1. The summed E-state index contributed by atoms with van der Waals surface area (Å²) in [5, 5.41) is 7.94. The van der Waals surface area contributed by atoms with Crippen LogP contribution in [0.25, 0.3) is 0 Å². The molecule has 8 nitrogen and oxygen atoms in total. The van der Waals surface area contributed by atoms with Crippen molar-refractivity contribution in [2.45, 2.75) is 39.4 Å². The topological polar surface area (TPSA) is 129 Å². The Labute approximate surface area is 193 Å². The number of benzene rings is 1. The van der Waals surface area contributed by atoms with Crippen LogP contribution in [-0.4, -0.2) is 20.7 Å². The zero-order valence-corrected chi connectivity index (χ0v) is 19.2. The lowest BCUT2D eigenvalue weighted by Crippen LogP contribution is -2.32. The number of nitrogens with one attached hydrogen (secondary N) is 1. The van der Waals surface area contributed by atoms with Gasteiger partial charge in [-0.05, 0) is 35.7 Å². The van der Waals surface area contributed by atoms with Gasteiger partial charge in [0.25, 0.3) is 5.56 Å². The van der Waals surface area contributed by atoms with Crippen molar-refractivity contribution in [3.8, 4) is 0 Å². The molecule has 0 bridgehead atoms. The number of halogens is 2. The third-order valence-corrected chi connectivity index (χ3v) is 6.19. The largest absolute Gasteiger partial charge is 0.375 e. The van der Waals surface area contributed by atoms with E-state index in [1.807, 2.05) is 6.07 Å². The van der Waals surface area contributed by atoms with Gasteiger partial charge < -0.3 is 16.8 Å². The quantitative estimate of drug-likeness (QED) is 0.453. The number of hydrogen-bond acceptors (Lipinski definition) is 7. The first kappa shape index (κ1) is 23.2. The van der Waals surface area contributed by atoms with Gasteiger partial charge in [0, 0.05) is 30.1 Å². The van der Waals surface area contributed by atoms with Crippen LogP contribution in [0.2, 0.25) is 9.36 Å². The lowest BCUT2D eigenvalue weighted by Gasteiger charge is -2.12. The van der Waals surface area contributed by atoms with Crippen LogP contribution in [0.4, 0.5) is 5.13 Å². The predicted octanol–water partition coefficient (Wildman–Crippen LogP) is 2.46. The third-order valence-electron chi connectivity index (χ3n) is 4.79. The van der Waals surface area contributed by atoms with E-state index in [0.29, 0.717) is 44.3 Å². The van der Waals surface area contributed by atoms with E-state index in [1.165, 1.54) is 16.0 Å². The van der Waals surface area contributed by atoms with E-state index in [1.54, 1.807) is 25.3 Å². The van der Waals surface area contributed by atoms with Gasteiger partial charge in [0.05, 0.1) is 24.9 Å². The number of carbonyl (C=O) groups excluding carboxylic acids is 1. The van der Waals surface area contributed by atoms with E-state index in [0.717, 1.165) is 11.1 Å². The molecular formula is C20H22Cl2N6O2S. The Morgan fingerprint density at radius 2 is 2.06 bits per heavy atom. The second-order valence-electron chi connectivity index (χ2n) is 6.93. The fraction of sp³-hybridized carbons (Fsp3) is 0.300. The molecule has 5 N–H and O–H groups in total. The lowest BCUT2D eigenvalue weighted by molar-refractivity contribution is -0.120. The first-order valence-corrected chi connectivity index (χ1v) is 11.1. The molecule has 0 aliphatic carbocycles. The molecule has 0 aliphatic rings. The maximum Gasteiger partial charge on any atom is 0.270 e. The van der Waals surface area contributed by atoms with Crippen molar-refractivity contribution in [3.05, 3.63) is 72.1 Å². The van der Waals surface area contributed by atoms with E-state index in [-0.39, 0.29) is 31.0 Å². The Balaban J connectivity index is 1.69. The molecule has 0 saturated carbocycles. The number of rotatable bonds is 8. The van der Waals surface area contributed by atoms with Crippen molar-refractivity contribution in [2.24, 2.45) is 5.73 Å². The van der Waals surface area contributed by atoms with Gasteiger partial charge in [0.2, 0.25) is 5.91 Å². The molecule has 1 aromatic carbocycles. The fourth-order valence-corrected chi connectivity index (χ4v) is 4.25. The van der Waals surface area contributed by atoms with Gasteiger partial charge in [-0.1, -0.05) is 40.6 Å². The van der Waals surface area contributed by atoms with Crippen molar-refractivity contribution in [3.63, 3.8) is 0 Å². The molecule has 0 atom stereocenters. The Morgan fingerprint density at radius 1 is 1.29 bits per heavy atom. The number of aromatic nitrogens is 3. The highest BCUT2D eigenvalue weighted by atomic mass is 35.5. The summed E-state index contributed by atoms with van der Waals surface area (Å²) in [6.45, 7) is 2.64. The molecule has 2 heterocycles. The number of hydrogen-bond donors (Lipinski definition) is 3. The highest BCUT2D eigenvalue weighted by Gasteiger charge is 2.15. The molecule has 2 aromatic heterocycles. The maximum absolute atomic E-state index is 12.9. The maximum atomic E-state index is 12.9. The predicted molar refractivity (Wildman–Crippen MR) is 123 cm³/mol. The molecule has 0 aliphatic heterocycles. The molecule has 3 rings (SSSR count). The molecule has 3 aromatic rings. The second kappa shape index (κ2) is 10.2. The van der Waals surface area contributed by atoms with Crippen LogP contribution < -0.4 is 22.3 Å². The van der Waals surface area contributed by atoms with Gasteiger partial charge in [-0.25, -0.2) is 9.67 Å². The van der Waals surface area contributed by atoms with Gasteiger partial charge in [0.15, 0.2) is 5.13 Å². The summed E-state index contributed by atoms with van der Waals surface area (Å²) in [6, 6.07) is 5.35. The van der Waals surface area contributed by atoms with Crippen molar-refractivity contribution in [1.82, 2.24) is 20.1 Å². The summed E-state index contributed by atoms with van der Waals surface area (Å²) in [7, 11) is 0. The minimum absolute atomic E-state index is 0.0594. The van der Waals surface area contributed by atoms with Crippen LogP contribution in [0.5, 0.6) is 0 Å². The Kier molecular flexibility index (Phi) is 7.66. The van der Waals surface area contributed by atoms with E-state index >= 15 is 0 Å². The van der Waals surface area contributed by atoms with Crippen molar-refractivity contribution in [2.75, 3.05) is 5.73 Å². The monoisotopic (exact) mass is 480 g/mol. The van der Waals surface area contributed by atoms with Gasteiger partial charge in [-0.3, -0.25) is 9.59 Å². The summed E-state index contributed by atoms with van der Waals surface area (Å²) < 4.78 is 1.81. The molecule has 164 valence electrons. The highest BCUT2D eigenvalue weighted by molar-refractivity contribution is 7.19. The number of amides is 1. The number of aryl methyl sites for hydroxylation is 3. The smallest absolute Gasteiger partial charge is 0.270 e. The van der Waals surface area contributed by atoms with Gasteiger partial charge in [-0.15, -0.1) is 0 Å². The molecule has 31 heavy (non-hydrogen) atoms. The molecule has 0 fully saturated rings. The molecule has 1 amide bonds. The Hall–Kier alpha value is -2.46. The Morgan fingerprint density at radius 3 is 2.74 bits per heavy atom. The van der Waals surface area contributed by atoms with E-state index in [9.17, 15) is 9.59 Å². The second-order valence-corrected chi connectivity index (χ2v) is 9.00. The van der Waals surface area contributed by atoms with Crippen LogP contribution in [0.3, 0.4) is 0 Å². The highest BCUT2D eigenvalue weighted by Crippen LogP contribution is 2.26. The zero-order chi connectivity index (χ0) is 22.5. The first-order valence-electron chi connectivity index (χ1n) is 9.48. The van der Waals surface area contributed by atoms with E-state index < -0.39 is 0 Å². The van der Waals surface area contributed by atoms with Crippen molar-refractivity contribution in [1.29, 1.82) is 0 Å². The first-order chi connectivity index (χ1) is 14.8. The number of nitrogens with zero attached hydrogens (tertiary/aromatic N) is 3. The number of anilines is 1. The lowest BCUT2D eigenvalue weighted by atomic mass is 10.1. The normalized spacial score (nSPS) is 11.0. The average molecular weight is 481 g/mol. The van der Waals surface area contributed by atoms with E-state index in [4.69, 9.17) is 34.7 Å². The number of carbonyl (C=O) groups is 1. The summed E-state index contributed by atoms with van der Waals surface area (Å²) in [5.74, 6) is -0.281. The van der Waals surface area contributed by atoms with Crippen LogP contribution in [0, 0.1) is 6.92 Å². The molecule has 0 spiro atoms. The summed E-state index contributed by atoms with van der Waals surface area (Å²) in [6.07, 6.45) is 1.92. The Bertz CT molecular complexity index is 1160. The summed E-state index contributed by atoms with van der Waals surface area (Å²) in [5.41, 5.74) is 14.5. The average Bonchev–Trinajstić information content (AvgIpc) is 3.06. The van der Waals surface area contributed by atoms with Crippen molar-refractivity contribution < 1.29 is 4.79 Å². The van der Waals surface area contributed by atoms with Gasteiger partial charge >= 0.3 is 0 Å². The molecule has 11 heteroatoms. The zero-order valence-electron chi connectivity index (χ0n) is 16.8. The van der Waals surface area contributed by atoms with Gasteiger partial charge in [0.1, 0.15) is 4.34 Å². The number of nitrogens with two attached hydrogens (primary N) is 2. The third kappa shape index (κ3) is 5.82. The van der Waals surface area contributed by atoms with Crippen LogP contribution >= 0.6 is 34.5 Å². The molecular weight excluding hydrogens is 459 g/mol. The SMILES string of the molecule is Cc1cnn(CCc2nc(N)sc2Cl)c(=O)c1CC(=O)NCc1cc(Cl)ccc1CN.